The molecule has 2 nitrogen and oxygen atoms in total. The van der Waals surface area contributed by atoms with E-state index in [2.05, 4.69) is 162 Å². The Morgan fingerprint density at radius 3 is 1.64 bits per heavy atom. The second-order valence-electron chi connectivity index (χ2n) is 13.0. The highest BCUT2D eigenvalue weighted by Gasteiger charge is 2.00. The summed E-state index contributed by atoms with van der Waals surface area (Å²) in [5, 5.41) is 8.60. The first kappa shape index (κ1) is 65.1. The van der Waals surface area contributed by atoms with Crippen LogP contribution in [0.25, 0.3) is 5.57 Å². The number of hydrogen-bond donors (Lipinski definition) is 0. The van der Waals surface area contributed by atoms with Crippen molar-refractivity contribution in [2.24, 2.45) is 5.92 Å². The van der Waals surface area contributed by atoms with Crippen LogP contribution in [0.1, 0.15) is 189 Å². The molecule has 0 unspecified atom stereocenters. The molecule has 0 spiro atoms. The lowest BCUT2D eigenvalue weighted by Crippen LogP contribution is -2.18. The maximum atomic E-state index is 8.60. The minimum atomic E-state index is 0.796. The van der Waals surface area contributed by atoms with Gasteiger partial charge in [0.05, 0.1) is 11.6 Å². The maximum Gasteiger partial charge on any atom is 0.0994 e. The molecule has 0 saturated heterocycles. The van der Waals surface area contributed by atoms with Gasteiger partial charge in [-0.15, -0.1) is 0 Å². The Kier molecular flexibility index (Phi) is 63.1. The third-order valence-corrected chi connectivity index (χ3v) is 8.39. The van der Waals surface area contributed by atoms with Crippen molar-refractivity contribution < 1.29 is 0 Å². The topological polar surface area (TPSA) is 27.0 Å². The molecule has 0 aliphatic rings. The van der Waals surface area contributed by atoms with Crippen LogP contribution in [0.2, 0.25) is 0 Å². The van der Waals surface area contributed by atoms with E-state index in [4.69, 9.17) is 5.26 Å². The number of benzene rings is 3. The second kappa shape index (κ2) is 54.3. The molecule has 0 radical (unpaired) electrons. The van der Waals surface area contributed by atoms with Gasteiger partial charge in [0.25, 0.3) is 0 Å². The van der Waals surface area contributed by atoms with E-state index in [9.17, 15) is 0 Å². The van der Waals surface area contributed by atoms with Gasteiger partial charge < -0.3 is 4.90 Å². The van der Waals surface area contributed by atoms with Crippen LogP contribution in [0.15, 0.2) is 78.9 Å². The van der Waals surface area contributed by atoms with Gasteiger partial charge in [-0.2, -0.15) is 17.0 Å². The summed E-state index contributed by atoms with van der Waals surface area (Å²) < 4.78 is 0. The second-order valence-corrected chi connectivity index (χ2v) is 14.1. The Balaban J connectivity index is -0.000000136. The van der Waals surface area contributed by atoms with Crippen LogP contribution in [-0.4, -0.2) is 30.5 Å². The van der Waals surface area contributed by atoms with E-state index in [1.54, 1.807) is 0 Å². The summed E-state index contributed by atoms with van der Waals surface area (Å²) in [6, 6.07) is 27.0. The molecule has 0 aliphatic heterocycles. The van der Waals surface area contributed by atoms with Gasteiger partial charge in [0.2, 0.25) is 0 Å². The molecule has 3 heteroatoms. The number of thioether (sulfide) groups is 1. The molecule has 3 aromatic carbocycles. The summed E-state index contributed by atoms with van der Waals surface area (Å²) in [6.45, 7) is 40.3. The molecule has 0 aromatic heterocycles. The predicted molar refractivity (Wildman–Crippen MR) is 267 cm³/mol. The van der Waals surface area contributed by atoms with Gasteiger partial charge in [-0.25, -0.2) is 0 Å². The minimum absolute atomic E-state index is 0.796. The van der Waals surface area contributed by atoms with E-state index >= 15 is 0 Å². The van der Waals surface area contributed by atoms with E-state index in [-0.39, 0.29) is 0 Å². The van der Waals surface area contributed by atoms with E-state index < -0.39 is 0 Å². The van der Waals surface area contributed by atoms with Crippen LogP contribution in [0.4, 0.5) is 0 Å². The molecular formula is C53H96N2S. The molecule has 3 aromatic rings. The first-order valence-electron chi connectivity index (χ1n) is 22.4. The molecule has 0 bridgehead atoms. The molecule has 0 amide bonds. The molecule has 56 heavy (non-hydrogen) atoms. The highest BCUT2D eigenvalue weighted by Crippen LogP contribution is 2.19. The summed E-state index contributed by atoms with van der Waals surface area (Å²) in [4.78, 5) is 2.37. The van der Waals surface area contributed by atoms with Crippen molar-refractivity contribution in [3.05, 3.63) is 112 Å². The molecule has 0 atom stereocenters. The van der Waals surface area contributed by atoms with Gasteiger partial charge in [0.1, 0.15) is 0 Å². The number of nitrogens with zero attached hydrogens (tertiary/aromatic N) is 2. The van der Waals surface area contributed by atoms with Crippen LogP contribution in [0, 0.1) is 31.1 Å². The smallest absolute Gasteiger partial charge is 0.0994 e. The van der Waals surface area contributed by atoms with Crippen LogP contribution in [0.3, 0.4) is 0 Å². The largest absolute Gasteiger partial charge is 0.302 e. The average Bonchev–Trinajstić information content (AvgIpc) is 3.24. The quantitative estimate of drug-likeness (QED) is 0.183. The van der Waals surface area contributed by atoms with Crippen molar-refractivity contribution >= 4 is 17.3 Å². The number of aryl methyl sites for hydroxylation is 3. The van der Waals surface area contributed by atoms with Gasteiger partial charge in [-0.3, -0.25) is 0 Å². The zero-order valence-electron chi connectivity index (χ0n) is 41.2. The number of hydrogen-bond acceptors (Lipinski definition) is 3. The number of unbranched alkanes of at least 4 members (excludes halogenated alkanes) is 1. The number of rotatable bonds is 12. The predicted octanol–water partition coefficient (Wildman–Crippen LogP) is 17.9. The summed E-state index contributed by atoms with van der Waals surface area (Å²) in [5.74, 6) is 2.20. The third kappa shape index (κ3) is 43.9. The average molecular weight is 793 g/mol. The van der Waals surface area contributed by atoms with E-state index in [0.717, 1.165) is 30.0 Å². The maximum absolute atomic E-state index is 8.60. The molecule has 3 rings (SSSR count). The van der Waals surface area contributed by atoms with Crippen molar-refractivity contribution in [2.45, 2.75) is 183 Å². The van der Waals surface area contributed by atoms with E-state index in [1.807, 2.05) is 77.6 Å². The highest BCUT2D eigenvalue weighted by molar-refractivity contribution is 7.98. The third-order valence-electron chi connectivity index (χ3n) is 7.81. The minimum Gasteiger partial charge on any atom is -0.302 e. The van der Waals surface area contributed by atoms with Crippen LogP contribution in [0.5, 0.6) is 0 Å². The lowest BCUT2D eigenvalue weighted by molar-refractivity contribution is 0.321. The van der Waals surface area contributed by atoms with Gasteiger partial charge >= 0.3 is 0 Å². The Labute approximate surface area is 358 Å². The van der Waals surface area contributed by atoms with Crippen LogP contribution < -0.4 is 0 Å². The van der Waals surface area contributed by atoms with Gasteiger partial charge in [-0.05, 0) is 106 Å². The van der Waals surface area contributed by atoms with E-state index in [1.165, 1.54) is 85.1 Å². The van der Waals surface area contributed by atoms with Crippen LogP contribution in [-0.2, 0) is 13.0 Å². The molecular weight excluding hydrogens is 697 g/mol. The standard InChI is InChI=1S/C12H19N.C12H16.C9H9N.C8H18.C3H8S.C3H8.3C2H6/c1-3-4-10-13(2)11-12-8-6-5-7-9-12;1-5-10(3)12-8-9(2)6-7-11(12)4;1-2-8-5-3-4-6-9(8)7-10;1-4-6-8(3)7-5-2;1-3-4-2;1-3-2;3*1-2/h5-9H,3-4,10-11H2,1-2H3;5-8H,1-4H3;3-6H,2H2,1H3;8H,4-7H2,1-3H3;3H2,1-2H3;3H2,1-2H3;3*1-2H3/b;10-5+;;;;;;;. The molecule has 324 valence electrons. The summed E-state index contributed by atoms with van der Waals surface area (Å²) >= 11 is 1.86. The van der Waals surface area contributed by atoms with Crippen molar-refractivity contribution in [2.75, 3.05) is 25.6 Å². The molecule has 0 saturated carbocycles. The zero-order chi connectivity index (χ0) is 44.6. The zero-order valence-corrected chi connectivity index (χ0v) is 42.0. The van der Waals surface area contributed by atoms with Gasteiger partial charge in [0, 0.05) is 6.54 Å². The van der Waals surface area contributed by atoms with Crippen molar-refractivity contribution in [1.29, 1.82) is 5.26 Å². The fourth-order valence-electron chi connectivity index (χ4n) is 4.79. The van der Waals surface area contributed by atoms with E-state index in [0.29, 0.717) is 0 Å². The lowest BCUT2D eigenvalue weighted by atomic mass is 9.99. The number of nitriles is 1. The lowest BCUT2D eigenvalue weighted by Gasteiger charge is -2.15. The monoisotopic (exact) mass is 793 g/mol. The Morgan fingerprint density at radius 1 is 0.768 bits per heavy atom. The summed E-state index contributed by atoms with van der Waals surface area (Å²) in [5.41, 5.74) is 8.75. The Hall–Kier alpha value is -2.80. The Morgan fingerprint density at radius 2 is 1.25 bits per heavy atom. The Bertz CT molecular complexity index is 1220. The van der Waals surface area contributed by atoms with Crippen LogP contribution >= 0.6 is 11.8 Å². The molecule has 0 N–H and O–H groups in total. The highest BCUT2D eigenvalue weighted by atomic mass is 32.2. The SMILES string of the molecule is C/C=C(\C)c1cc(C)ccc1C.CC.CC.CC.CCC.CCCC(C)CCC.CCCCN(C)Cc1ccccc1.CCSC.CCc1ccccc1C#N. The fourth-order valence-corrected chi connectivity index (χ4v) is 4.79. The van der Waals surface area contributed by atoms with Gasteiger partial charge in [0.15, 0.2) is 0 Å². The van der Waals surface area contributed by atoms with Crippen molar-refractivity contribution in [1.82, 2.24) is 4.90 Å². The first-order valence-corrected chi connectivity index (χ1v) is 23.8. The summed E-state index contributed by atoms with van der Waals surface area (Å²) in [7, 11) is 2.18. The normalized spacial score (nSPS) is 9.27. The van der Waals surface area contributed by atoms with Gasteiger partial charge in [-0.1, -0.05) is 214 Å². The molecule has 0 fully saturated rings. The molecule has 0 aliphatic carbocycles. The molecule has 0 heterocycles. The van der Waals surface area contributed by atoms with Crippen molar-refractivity contribution in [3.8, 4) is 6.07 Å². The van der Waals surface area contributed by atoms with Crippen molar-refractivity contribution in [3.63, 3.8) is 0 Å². The fraction of sp³-hybridized carbons (Fsp3) is 0.604. The first-order chi connectivity index (χ1) is 27.0. The summed E-state index contributed by atoms with van der Waals surface area (Å²) in [6.07, 6.45) is 14.5. The number of allylic oxidation sites excluding steroid dienone is 2.